The van der Waals surface area contributed by atoms with Gasteiger partial charge in [0.25, 0.3) is 11.8 Å². The van der Waals surface area contributed by atoms with Gasteiger partial charge in [-0.3, -0.25) is 24.7 Å². The molecule has 0 spiro atoms. The summed E-state index contributed by atoms with van der Waals surface area (Å²) in [7, 11) is 0. The summed E-state index contributed by atoms with van der Waals surface area (Å²) in [6.45, 7) is 3.93. The number of hydrogen-bond donors (Lipinski definition) is 3. The molecule has 3 aromatic rings. The summed E-state index contributed by atoms with van der Waals surface area (Å²) in [5, 5.41) is 13.0. The number of nitrogens with zero attached hydrogens (tertiary/aromatic N) is 2. The maximum Gasteiger partial charge on any atom is 0.262 e. The molecule has 0 bridgehead atoms. The fourth-order valence-corrected chi connectivity index (χ4v) is 4.95. The van der Waals surface area contributed by atoms with E-state index >= 15 is 0 Å². The van der Waals surface area contributed by atoms with Gasteiger partial charge in [0.05, 0.1) is 5.52 Å². The van der Waals surface area contributed by atoms with Crippen LogP contribution in [0.3, 0.4) is 0 Å². The monoisotopic (exact) mass is 480 g/mol. The molecule has 9 heteroatoms. The van der Waals surface area contributed by atoms with Crippen LogP contribution in [0.15, 0.2) is 54.6 Å². The zero-order valence-electron chi connectivity index (χ0n) is 19.0. The van der Waals surface area contributed by atoms with Crippen molar-refractivity contribution in [1.82, 2.24) is 20.7 Å². The lowest BCUT2D eigenvalue weighted by Crippen LogP contribution is -2.54. The van der Waals surface area contributed by atoms with Gasteiger partial charge in [-0.25, -0.2) is 5.48 Å². The number of thioether (sulfide) groups is 1. The van der Waals surface area contributed by atoms with E-state index in [-0.39, 0.29) is 12.5 Å². The van der Waals surface area contributed by atoms with E-state index in [4.69, 9.17) is 9.94 Å². The average molecular weight is 481 g/mol. The minimum atomic E-state index is -0.615. The Hall–Kier alpha value is -3.14. The summed E-state index contributed by atoms with van der Waals surface area (Å²) < 4.78 is 5.96. The second-order valence-corrected chi connectivity index (χ2v) is 9.33. The first-order chi connectivity index (χ1) is 16.5. The molecule has 1 fully saturated rings. The standard InChI is InChI=1S/C25H28N4O4S/c1-17-14-19(21-4-2-3-5-22(21)27-17)16-33-20-8-6-18(7-9-20)24(30)26-15-23(25(31)28-32)29-10-12-34-13-11-29/h2-9,14,23,32H,10-13,15-16H2,1H3,(H,26,30)(H,28,31). The molecule has 0 radical (unpaired) electrons. The van der Waals surface area contributed by atoms with Crippen molar-refractivity contribution in [2.45, 2.75) is 19.6 Å². The largest absolute Gasteiger partial charge is 0.489 e. The summed E-state index contributed by atoms with van der Waals surface area (Å²) in [5.41, 5.74) is 5.10. The van der Waals surface area contributed by atoms with Gasteiger partial charge in [-0.05, 0) is 43.3 Å². The number of pyridine rings is 1. The Kier molecular flexibility index (Phi) is 7.99. The molecule has 1 saturated heterocycles. The van der Waals surface area contributed by atoms with Crippen molar-refractivity contribution in [3.63, 3.8) is 0 Å². The SMILES string of the molecule is Cc1cc(COc2ccc(C(=O)NCC(C(=O)NO)N3CCSCC3)cc2)c2ccccc2n1. The highest BCUT2D eigenvalue weighted by molar-refractivity contribution is 7.99. The van der Waals surface area contributed by atoms with Crippen LogP contribution in [-0.2, 0) is 11.4 Å². The minimum absolute atomic E-state index is 0.114. The Bertz CT molecular complexity index is 1150. The number of carbonyl (C=O) groups is 2. The number of nitrogens with one attached hydrogen (secondary N) is 2. The number of hydrogen-bond acceptors (Lipinski definition) is 7. The maximum absolute atomic E-state index is 12.6. The van der Waals surface area contributed by atoms with Crippen LogP contribution in [0.5, 0.6) is 5.75 Å². The van der Waals surface area contributed by atoms with Gasteiger partial charge in [-0.2, -0.15) is 11.8 Å². The Balaban J connectivity index is 1.36. The van der Waals surface area contributed by atoms with Crippen LogP contribution in [0.1, 0.15) is 21.6 Å². The number of carbonyl (C=O) groups excluding carboxylic acids is 2. The van der Waals surface area contributed by atoms with Crippen molar-refractivity contribution >= 4 is 34.5 Å². The number of aromatic nitrogens is 1. The highest BCUT2D eigenvalue weighted by atomic mass is 32.2. The van der Waals surface area contributed by atoms with E-state index in [9.17, 15) is 9.59 Å². The Morgan fingerprint density at radius 1 is 1.15 bits per heavy atom. The molecule has 1 unspecified atom stereocenters. The van der Waals surface area contributed by atoms with Crippen LogP contribution in [0.2, 0.25) is 0 Å². The molecule has 34 heavy (non-hydrogen) atoms. The van der Waals surface area contributed by atoms with Gasteiger partial charge in [0.15, 0.2) is 0 Å². The zero-order chi connectivity index (χ0) is 23.9. The molecule has 1 atom stereocenters. The smallest absolute Gasteiger partial charge is 0.262 e. The van der Waals surface area contributed by atoms with Crippen molar-refractivity contribution in [2.75, 3.05) is 31.1 Å². The van der Waals surface area contributed by atoms with Crippen LogP contribution >= 0.6 is 11.8 Å². The number of rotatable bonds is 8. The van der Waals surface area contributed by atoms with E-state index in [0.717, 1.165) is 46.8 Å². The summed E-state index contributed by atoms with van der Waals surface area (Å²) in [6.07, 6.45) is 0. The van der Waals surface area contributed by atoms with Crippen LogP contribution < -0.4 is 15.5 Å². The first-order valence-corrected chi connectivity index (χ1v) is 12.3. The number of para-hydroxylation sites is 1. The molecule has 3 N–H and O–H groups in total. The summed E-state index contributed by atoms with van der Waals surface area (Å²) in [6, 6.07) is 16.3. The van der Waals surface area contributed by atoms with Gasteiger partial charge in [0.1, 0.15) is 18.4 Å². The number of fused-ring (bicyclic) bond motifs is 1. The molecular formula is C25H28N4O4S. The molecule has 2 amide bonds. The Labute approximate surface area is 202 Å². The highest BCUT2D eigenvalue weighted by Crippen LogP contribution is 2.21. The quantitative estimate of drug-likeness (QED) is 0.336. The molecular weight excluding hydrogens is 452 g/mol. The predicted octanol–water partition coefficient (Wildman–Crippen LogP) is 2.77. The van der Waals surface area contributed by atoms with E-state index in [1.807, 2.05) is 53.9 Å². The van der Waals surface area contributed by atoms with Crippen LogP contribution in [-0.4, -0.2) is 64.1 Å². The van der Waals surface area contributed by atoms with Gasteiger partial charge in [0.2, 0.25) is 0 Å². The van der Waals surface area contributed by atoms with Crippen molar-refractivity contribution in [2.24, 2.45) is 0 Å². The summed E-state index contributed by atoms with van der Waals surface area (Å²) in [4.78, 5) is 31.3. The molecule has 2 aromatic carbocycles. The Morgan fingerprint density at radius 3 is 2.62 bits per heavy atom. The molecule has 1 aliphatic rings. The van der Waals surface area contributed by atoms with E-state index in [1.165, 1.54) is 0 Å². The third-order valence-corrected chi connectivity index (χ3v) is 6.74. The molecule has 1 aliphatic heterocycles. The van der Waals surface area contributed by atoms with E-state index in [1.54, 1.807) is 29.7 Å². The van der Waals surface area contributed by atoms with Crippen LogP contribution in [0.25, 0.3) is 10.9 Å². The zero-order valence-corrected chi connectivity index (χ0v) is 19.8. The Morgan fingerprint density at radius 2 is 1.88 bits per heavy atom. The van der Waals surface area contributed by atoms with E-state index in [0.29, 0.717) is 17.9 Å². The molecule has 0 aliphatic carbocycles. The molecule has 178 valence electrons. The number of amides is 2. The summed E-state index contributed by atoms with van der Waals surface area (Å²) in [5.74, 6) is 1.68. The van der Waals surface area contributed by atoms with Gasteiger partial charge in [-0.15, -0.1) is 0 Å². The second-order valence-electron chi connectivity index (χ2n) is 8.10. The van der Waals surface area contributed by atoms with Crippen LogP contribution in [0.4, 0.5) is 0 Å². The average Bonchev–Trinajstić information content (AvgIpc) is 2.88. The van der Waals surface area contributed by atoms with Crippen molar-refractivity contribution in [1.29, 1.82) is 0 Å². The topological polar surface area (TPSA) is 104 Å². The second kappa shape index (κ2) is 11.3. The summed E-state index contributed by atoms with van der Waals surface area (Å²) >= 11 is 1.82. The van der Waals surface area contributed by atoms with E-state index in [2.05, 4.69) is 10.3 Å². The van der Waals surface area contributed by atoms with Crippen molar-refractivity contribution < 1.29 is 19.5 Å². The van der Waals surface area contributed by atoms with Gasteiger partial charge >= 0.3 is 0 Å². The lowest BCUT2D eigenvalue weighted by molar-refractivity contribution is -0.134. The fourth-order valence-electron chi connectivity index (χ4n) is 4.02. The fraction of sp³-hybridized carbons (Fsp3) is 0.320. The minimum Gasteiger partial charge on any atom is -0.489 e. The molecule has 1 aromatic heterocycles. The number of ether oxygens (including phenoxy) is 1. The molecule has 0 saturated carbocycles. The van der Waals surface area contributed by atoms with Gasteiger partial charge in [-0.1, -0.05) is 18.2 Å². The number of benzene rings is 2. The third-order valence-electron chi connectivity index (χ3n) is 5.80. The molecule has 4 rings (SSSR count). The first-order valence-electron chi connectivity index (χ1n) is 11.2. The number of aryl methyl sites for hydroxylation is 1. The molecule has 8 nitrogen and oxygen atoms in total. The van der Waals surface area contributed by atoms with Crippen molar-refractivity contribution in [3.8, 4) is 5.75 Å². The van der Waals surface area contributed by atoms with E-state index < -0.39 is 11.9 Å². The lowest BCUT2D eigenvalue weighted by Gasteiger charge is -2.32. The highest BCUT2D eigenvalue weighted by Gasteiger charge is 2.27. The predicted molar refractivity (Wildman–Crippen MR) is 132 cm³/mol. The van der Waals surface area contributed by atoms with Crippen LogP contribution in [0, 0.1) is 6.92 Å². The van der Waals surface area contributed by atoms with Crippen molar-refractivity contribution in [3.05, 3.63) is 71.4 Å². The normalized spacial score (nSPS) is 15.0. The lowest BCUT2D eigenvalue weighted by atomic mass is 10.1. The third kappa shape index (κ3) is 5.85. The molecule has 2 heterocycles. The number of hydroxylamine groups is 1. The first kappa shape index (κ1) is 24.0. The maximum atomic E-state index is 12.6. The van der Waals surface area contributed by atoms with Gasteiger partial charge in [0, 0.05) is 53.3 Å². The van der Waals surface area contributed by atoms with Gasteiger partial charge < -0.3 is 10.1 Å².